The lowest BCUT2D eigenvalue weighted by molar-refractivity contribution is 0.690. The fourth-order valence-electron chi connectivity index (χ4n) is 4.22. The fourth-order valence-corrected chi connectivity index (χ4v) is 4.22. The molecule has 0 aliphatic carbocycles. The maximum absolute atomic E-state index is 4.99. The number of fused-ring (bicyclic) bond motifs is 1. The van der Waals surface area contributed by atoms with E-state index >= 15 is 0 Å². The number of imidazole rings is 1. The van der Waals surface area contributed by atoms with Gasteiger partial charge < -0.3 is 10.7 Å². The highest BCUT2D eigenvalue weighted by Crippen LogP contribution is 2.30. The molecule has 4 N–H and O–H groups in total. The number of unbranched alkanes of at least 4 members (excludes halogenated alkanes) is 1. The lowest BCUT2D eigenvalue weighted by Gasteiger charge is -2.11. The number of aromatic amines is 1. The summed E-state index contributed by atoms with van der Waals surface area (Å²) in [7, 11) is 0. The van der Waals surface area contributed by atoms with Gasteiger partial charge in [0.25, 0.3) is 0 Å². The second kappa shape index (κ2) is 9.75. The van der Waals surface area contributed by atoms with Crippen molar-refractivity contribution in [1.82, 2.24) is 36.3 Å². The summed E-state index contributed by atoms with van der Waals surface area (Å²) in [6, 6.07) is 23.3. The first-order valence-corrected chi connectivity index (χ1v) is 11.1. The minimum atomic E-state index is 0. The van der Waals surface area contributed by atoms with Gasteiger partial charge in [0.1, 0.15) is 5.82 Å². The van der Waals surface area contributed by atoms with Crippen LogP contribution in [0.4, 0.5) is 0 Å². The number of nitrogens with one attached hydrogen (secondary N) is 1. The van der Waals surface area contributed by atoms with E-state index in [4.69, 9.17) is 4.98 Å². The summed E-state index contributed by atoms with van der Waals surface area (Å²) >= 11 is 0. The molecule has 0 saturated heterocycles. The Hall–Kier alpha value is -3.84. The van der Waals surface area contributed by atoms with E-state index in [0.29, 0.717) is 5.82 Å². The second-order valence-electron chi connectivity index (χ2n) is 8.14. The van der Waals surface area contributed by atoms with Crippen LogP contribution in [-0.4, -0.2) is 30.2 Å². The van der Waals surface area contributed by atoms with Gasteiger partial charge >= 0.3 is 0 Å². The van der Waals surface area contributed by atoms with Gasteiger partial charge in [-0.25, -0.2) is 4.98 Å². The number of tetrazole rings is 1. The molecule has 7 nitrogen and oxygen atoms in total. The Balaban J connectivity index is 0.00000259. The van der Waals surface area contributed by atoms with Gasteiger partial charge in [0.2, 0.25) is 5.82 Å². The Bertz CT molecular complexity index is 1340. The number of nitrogens with zero attached hydrogens (tertiary/aromatic N) is 5. The highest BCUT2D eigenvalue weighted by Gasteiger charge is 2.14. The SMILES string of the molecule is CCCCc1nc2c(C)cccc2n1Cc1ccc(-c2ccccc2-c2nn[nH]n2)cc1.N. The molecular weight excluding hydrogens is 410 g/mol. The van der Waals surface area contributed by atoms with Crippen LogP contribution in [0.15, 0.2) is 66.7 Å². The number of aromatic nitrogens is 6. The Morgan fingerprint density at radius 2 is 1.70 bits per heavy atom. The van der Waals surface area contributed by atoms with Crippen LogP contribution in [0.1, 0.15) is 36.7 Å². The van der Waals surface area contributed by atoms with E-state index in [1.807, 2.05) is 18.2 Å². The zero-order valence-electron chi connectivity index (χ0n) is 19.1. The molecule has 2 heterocycles. The van der Waals surface area contributed by atoms with Crippen molar-refractivity contribution < 1.29 is 0 Å². The van der Waals surface area contributed by atoms with Crippen molar-refractivity contribution in [2.24, 2.45) is 0 Å². The van der Waals surface area contributed by atoms with Crippen molar-refractivity contribution in [3.63, 3.8) is 0 Å². The van der Waals surface area contributed by atoms with E-state index < -0.39 is 0 Å². The maximum Gasteiger partial charge on any atom is 0.205 e. The first-order chi connectivity index (χ1) is 15.7. The summed E-state index contributed by atoms with van der Waals surface area (Å²) in [6.45, 7) is 5.17. The molecule has 0 radical (unpaired) electrons. The molecule has 0 fully saturated rings. The van der Waals surface area contributed by atoms with E-state index in [1.54, 1.807) is 0 Å². The number of benzene rings is 3. The average Bonchev–Trinajstić information content (AvgIpc) is 3.48. The van der Waals surface area contributed by atoms with Crippen LogP contribution in [-0.2, 0) is 13.0 Å². The largest absolute Gasteiger partial charge is 0.344 e. The summed E-state index contributed by atoms with van der Waals surface area (Å²) in [5.41, 5.74) is 8.00. The summed E-state index contributed by atoms with van der Waals surface area (Å²) in [5, 5.41) is 14.6. The molecule has 0 spiro atoms. The van der Waals surface area contributed by atoms with E-state index in [1.165, 1.54) is 22.5 Å². The summed E-state index contributed by atoms with van der Waals surface area (Å²) in [5.74, 6) is 1.77. The number of hydrogen-bond acceptors (Lipinski definition) is 5. The smallest absolute Gasteiger partial charge is 0.205 e. The summed E-state index contributed by atoms with van der Waals surface area (Å²) in [4.78, 5) is 4.99. The van der Waals surface area contributed by atoms with Gasteiger partial charge in [0, 0.05) is 18.5 Å². The normalized spacial score (nSPS) is 11.0. The molecule has 0 unspecified atom stereocenters. The van der Waals surface area contributed by atoms with Crippen LogP contribution in [0.25, 0.3) is 33.5 Å². The van der Waals surface area contributed by atoms with Crippen molar-refractivity contribution >= 4 is 11.0 Å². The highest BCUT2D eigenvalue weighted by atomic mass is 15.5. The average molecular weight is 440 g/mol. The standard InChI is InChI=1S/C26H26N6.H3N/c1-3-4-12-24-27-25-18(2)8-7-11-23(25)32(24)17-19-13-15-20(16-14-19)21-9-5-6-10-22(21)26-28-30-31-29-26;/h5-11,13-16H,3-4,12,17H2,1-2H3,(H,28,29,30,31);1H3. The molecule has 0 bridgehead atoms. The van der Waals surface area contributed by atoms with Crippen LogP contribution in [0.2, 0.25) is 0 Å². The zero-order chi connectivity index (χ0) is 21.9. The van der Waals surface area contributed by atoms with Gasteiger partial charge in [-0.3, -0.25) is 0 Å². The molecule has 5 rings (SSSR count). The molecule has 7 heteroatoms. The molecule has 0 atom stereocenters. The number of para-hydroxylation sites is 1. The van der Waals surface area contributed by atoms with Crippen molar-refractivity contribution in [1.29, 1.82) is 0 Å². The Morgan fingerprint density at radius 1 is 0.909 bits per heavy atom. The fraction of sp³-hybridized carbons (Fsp3) is 0.231. The van der Waals surface area contributed by atoms with E-state index in [-0.39, 0.29) is 6.15 Å². The molecule has 0 aliphatic heterocycles. The predicted octanol–water partition coefficient (Wildman–Crippen LogP) is 5.74. The predicted molar refractivity (Wildman–Crippen MR) is 132 cm³/mol. The van der Waals surface area contributed by atoms with Crippen LogP contribution in [0.5, 0.6) is 0 Å². The van der Waals surface area contributed by atoms with Gasteiger partial charge in [-0.1, -0.05) is 74.0 Å². The van der Waals surface area contributed by atoms with Gasteiger partial charge in [-0.2, -0.15) is 5.21 Å². The first-order valence-electron chi connectivity index (χ1n) is 11.1. The number of aryl methyl sites for hydroxylation is 2. The molecule has 0 saturated carbocycles. The van der Waals surface area contributed by atoms with Gasteiger partial charge in [-0.05, 0) is 46.9 Å². The molecule has 0 amide bonds. The van der Waals surface area contributed by atoms with Gasteiger partial charge in [0.15, 0.2) is 0 Å². The van der Waals surface area contributed by atoms with E-state index in [0.717, 1.165) is 48.0 Å². The van der Waals surface area contributed by atoms with E-state index in [2.05, 4.69) is 87.6 Å². The monoisotopic (exact) mass is 439 g/mol. The minimum absolute atomic E-state index is 0. The van der Waals surface area contributed by atoms with Crippen molar-refractivity contribution in [3.05, 3.63) is 83.7 Å². The molecule has 3 aromatic carbocycles. The van der Waals surface area contributed by atoms with Crippen LogP contribution in [0, 0.1) is 6.92 Å². The molecule has 2 aromatic heterocycles. The number of hydrogen-bond donors (Lipinski definition) is 2. The maximum atomic E-state index is 4.99. The lowest BCUT2D eigenvalue weighted by atomic mass is 9.98. The third-order valence-corrected chi connectivity index (χ3v) is 5.93. The molecule has 168 valence electrons. The minimum Gasteiger partial charge on any atom is -0.344 e. The molecule has 5 aromatic rings. The molecule has 33 heavy (non-hydrogen) atoms. The molecular formula is C26H29N7. The van der Waals surface area contributed by atoms with Gasteiger partial charge in [-0.15, -0.1) is 10.2 Å². The number of rotatable bonds is 7. The Kier molecular flexibility index (Phi) is 6.60. The highest BCUT2D eigenvalue weighted by molar-refractivity contribution is 5.81. The van der Waals surface area contributed by atoms with Crippen molar-refractivity contribution in [2.75, 3.05) is 0 Å². The van der Waals surface area contributed by atoms with Crippen molar-refractivity contribution in [3.8, 4) is 22.5 Å². The molecule has 0 aliphatic rings. The Morgan fingerprint density at radius 3 is 2.42 bits per heavy atom. The quantitative estimate of drug-likeness (QED) is 0.336. The topological polar surface area (TPSA) is 107 Å². The third kappa shape index (κ3) is 4.40. The van der Waals surface area contributed by atoms with Crippen LogP contribution >= 0.6 is 0 Å². The Labute approximate surface area is 193 Å². The summed E-state index contributed by atoms with van der Waals surface area (Å²) in [6.07, 6.45) is 3.31. The van der Waals surface area contributed by atoms with Crippen molar-refractivity contribution in [2.45, 2.75) is 39.7 Å². The van der Waals surface area contributed by atoms with Crippen LogP contribution in [0.3, 0.4) is 0 Å². The summed E-state index contributed by atoms with van der Waals surface area (Å²) < 4.78 is 2.38. The lowest BCUT2D eigenvalue weighted by Crippen LogP contribution is -2.05. The zero-order valence-corrected chi connectivity index (χ0v) is 19.1. The first kappa shape index (κ1) is 22.4. The third-order valence-electron chi connectivity index (χ3n) is 5.93. The van der Waals surface area contributed by atoms with Crippen LogP contribution < -0.4 is 6.15 Å². The second-order valence-corrected chi connectivity index (χ2v) is 8.14. The van der Waals surface area contributed by atoms with Gasteiger partial charge in [0.05, 0.1) is 11.0 Å². The number of H-pyrrole nitrogens is 1. The van der Waals surface area contributed by atoms with E-state index in [9.17, 15) is 0 Å².